The Hall–Kier alpha value is -1.00. The highest BCUT2D eigenvalue weighted by molar-refractivity contribution is 7.13. The molecular weight excluding hydrogens is 170 g/mol. The maximum atomic E-state index is 7.61. The average Bonchev–Trinajstić information content (AvgIpc) is 2.47. The smallest absolute Gasteiger partial charge is 0.0945 e. The predicted molar refractivity (Wildman–Crippen MR) is 50.7 cm³/mol. The number of nitrogens with zero attached hydrogens (tertiary/aromatic N) is 1. The van der Waals surface area contributed by atoms with Gasteiger partial charge in [-0.15, -0.1) is 11.3 Å². The Labute approximate surface area is 75.7 Å². The van der Waals surface area contributed by atoms with Crippen molar-refractivity contribution in [1.29, 1.82) is 5.41 Å². The van der Waals surface area contributed by atoms with Crippen molar-refractivity contribution in [2.24, 2.45) is 0 Å². The molecule has 0 spiro atoms. The highest BCUT2D eigenvalue weighted by Gasteiger charge is 2.00. The Balaban J connectivity index is 2.72. The van der Waals surface area contributed by atoms with Gasteiger partial charge in [0.2, 0.25) is 0 Å². The van der Waals surface area contributed by atoms with E-state index in [1.807, 2.05) is 25.5 Å². The fourth-order valence-electron chi connectivity index (χ4n) is 0.760. The lowest BCUT2D eigenvalue weighted by Crippen LogP contribution is -2.72. The monoisotopic (exact) mass is 182 g/mol. The van der Waals surface area contributed by atoms with Gasteiger partial charge in [0.1, 0.15) is 0 Å². The van der Waals surface area contributed by atoms with Crippen molar-refractivity contribution in [1.82, 2.24) is 4.98 Å². The molecule has 0 atom stereocenters. The van der Waals surface area contributed by atoms with Crippen LogP contribution in [0.5, 0.6) is 0 Å². The summed E-state index contributed by atoms with van der Waals surface area (Å²) in [6, 6.07) is 0. The normalized spacial score (nSPS) is 10.8. The molecule has 1 rings (SSSR count). The Kier molecular flexibility index (Phi) is 3.13. The second-order valence-corrected chi connectivity index (χ2v) is 3.58. The zero-order valence-corrected chi connectivity index (χ0v) is 7.98. The maximum absolute atomic E-state index is 7.61. The number of aromatic nitrogens is 1. The van der Waals surface area contributed by atoms with Gasteiger partial charge in [0.05, 0.1) is 28.8 Å². The quantitative estimate of drug-likeness (QED) is 0.658. The Morgan fingerprint density at radius 3 is 3.00 bits per heavy atom. The summed E-state index contributed by atoms with van der Waals surface area (Å²) in [6.07, 6.45) is 5.37. The first-order valence-corrected chi connectivity index (χ1v) is 4.53. The molecule has 0 bridgehead atoms. The van der Waals surface area contributed by atoms with E-state index in [0.29, 0.717) is 5.71 Å². The number of thiazole rings is 1. The molecule has 1 aromatic heterocycles. The molecule has 0 radical (unpaired) electrons. The molecule has 0 aliphatic heterocycles. The Morgan fingerprint density at radius 1 is 1.75 bits per heavy atom. The van der Waals surface area contributed by atoms with Crippen LogP contribution in [0.1, 0.15) is 9.88 Å². The Morgan fingerprint density at radius 2 is 2.50 bits per heavy atom. The van der Waals surface area contributed by atoms with Crippen LogP contribution >= 0.6 is 11.3 Å². The lowest BCUT2D eigenvalue weighted by molar-refractivity contribution is -0.556. The highest BCUT2D eigenvalue weighted by Crippen LogP contribution is 2.11. The molecule has 12 heavy (non-hydrogen) atoms. The standard InChI is InChI=1S/C8H11N3S/c1-6-11-5-8(12-6)7(9)3-4-10-2/h3-5,9-10H,1-2H3/p+1. The second kappa shape index (κ2) is 4.13. The van der Waals surface area contributed by atoms with E-state index >= 15 is 0 Å². The van der Waals surface area contributed by atoms with Crippen molar-refractivity contribution in [3.05, 3.63) is 28.4 Å². The van der Waals surface area contributed by atoms with Crippen LogP contribution in [-0.2, 0) is 0 Å². The summed E-state index contributed by atoms with van der Waals surface area (Å²) in [7, 11) is 1.93. The first-order chi connectivity index (χ1) is 5.74. The van der Waals surface area contributed by atoms with E-state index in [1.165, 1.54) is 0 Å². The summed E-state index contributed by atoms with van der Waals surface area (Å²) < 4.78 is 0. The molecule has 0 saturated heterocycles. The predicted octanol–water partition coefficient (Wildman–Crippen LogP) is 0.526. The average molecular weight is 182 g/mol. The molecule has 0 aliphatic rings. The lowest BCUT2D eigenvalue weighted by Gasteiger charge is -1.88. The van der Waals surface area contributed by atoms with Gasteiger partial charge in [-0.3, -0.25) is 5.41 Å². The first-order valence-electron chi connectivity index (χ1n) is 3.71. The van der Waals surface area contributed by atoms with Gasteiger partial charge in [-0.1, -0.05) is 0 Å². The van der Waals surface area contributed by atoms with Gasteiger partial charge in [0.15, 0.2) is 0 Å². The van der Waals surface area contributed by atoms with Gasteiger partial charge in [0.25, 0.3) is 0 Å². The summed E-state index contributed by atoms with van der Waals surface area (Å²) in [4.78, 5) is 5.00. The molecule has 0 fully saturated rings. The maximum Gasteiger partial charge on any atom is 0.0945 e. The van der Waals surface area contributed by atoms with Gasteiger partial charge in [-0.2, -0.15) is 0 Å². The Bertz CT molecular complexity index is 301. The van der Waals surface area contributed by atoms with E-state index < -0.39 is 0 Å². The molecule has 1 heterocycles. The molecule has 3 nitrogen and oxygen atoms in total. The number of allylic oxidation sites excluding steroid dienone is 1. The molecule has 0 unspecified atom stereocenters. The van der Waals surface area contributed by atoms with Gasteiger partial charge < -0.3 is 5.32 Å². The van der Waals surface area contributed by atoms with Crippen molar-refractivity contribution in [3.8, 4) is 0 Å². The minimum Gasteiger partial charge on any atom is -0.322 e. The van der Waals surface area contributed by atoms with E-state index in [4.69, 9.17) is 5.41 Å². The molecule has 64 valence electrons. The van der Waals surface area contributed by atoms with Crippen molar-refractivity contribution >= 4 is 17.0 Å². The summed E-state index contributed by atoms with van der Waals surface area (Å²) in [5.74, 6) is 0. The molecule has 0 aromatic carbocycles. The fraction of sp³-hybridized carbons (Fsp3) is 0.250. The first kappa shape index (κ1) is 9.09. The summed E-state index contributed by atoms with van der Waals surface area (Å²) in [5, 5.41) is 10.5. The molecule has 0 amide bonds. The number of hydrogen-bond donors (Lipinski definition) is 2. The largest absolute Gasteiger partial charge is 0.322 e. The van der Waals surface area contributed by atoms with Crippen LogP contribution in [0, 0.1) is 12.3 Å². The van der Waals surface area contributed by atoms with Crippen LogP contribution < -0.4 is 5.32 Å². The summed E-state index contributed by atoms with van der Waals surface area (Å²) in [6.45, 7) is 1.94. The molecule has 0 aliphatic carbocycles. The van der Waals surface area contributed by atoms with E-state index in [1.54, 1.807) is 23.6 Å². The number of rotatable bonds is 3. The molecule has 0 saturated carbocycles. The third kappa shape index (κ3) is 2.25. The van der Waals surface area contributed by atoms with Gasteiger partial charge >= 0.3 is 0 Å². The number of nitrogens with two attached hydrogens (primary N) is 1. The van der Waals surface area contributed by atoms with E-state index in [9.17, 15) is 0 Å². The molecular formula is C8H12N3S+. The van der Waals surface area contributed by atoms with Crippen LogP contribution in [0.15, 0.2) is 18.5 Å². The number of aryl methyl sites for hydroxylation is 1. The van der Waals surface area contributed by atoms with Crippen molar-refractivity contribution in [2.75, 3.05) is 7.05 Å². The third-order valence-corrected chi connectivity index (χ3v) is 2.29. The number of hydrogen-bond acceptors (Lipinski definition) is 3. The third-order valence-electron chi connectivity index (χ3n) is 1.34. The van der Waals surface area contributed by atoms with E-state index in [-0.39, 0.29) is 0 Å². The topological polar surface area (TPSA) is 53.4 Å². The minimum absolute atomic E-state index is 0.527. The van der Waals surface area contributed by atoms with Crippen LogP contribution in [0.25, 0.3) is 0 Å². The van der Waals surface area contributed by atoms with Crippen molar-refractivity contribution in [3.63, 3.8) is 0 Å². The van der Waals surface area contributed by atoms with Gasteiger partial charge in [-0.25, -0.2) is 4.98 Å². The van der Waals surface area contributed by atoms with E-state index in [0.717, 1.165) is 9.88 Å². The summed E-state index contributed by atoms with van der Waals surface area (Å²) >= 11 is 1.55. The van der Waals surface area contributed by atoms with Gasteiger partial charge in [0, 0.05) is 12.3 Å². The fourth-order valence-corrected chi connectivity index (χ4v) is 1.47. The second-order valence-electron chi connectivity index (χ2n) is 2.35. The van der Waals surface area contributed by atoms with Gasteiger partial charge in [-0.05, 0) is 6.92 Å². The molecule has 3 N–H and O–H groups in total. The zero-order valence-electron chi connectivity index (χ0n) is 7.16. The number of quaternary nitrogens is 1. The zero-order chi connectivity index (χ0) is 8.97. The highest BCUT2D eigenvalue weighted by atomic mass is 32.1. The van der Waals surface area contributed by atoms with Crippen molar-refractivity contribution < 1.29 is 5.32 Å². The number of nitrogens with one attached hydrogen (secondary N) is 1. The van der Waals surface area contributed by atoms with Crippen LogP contribution in [-0.4, -0.2) is 17.7 Å². The van der Waals surface area contributed by atoms with E-state index in [2.05, 4.69) is 4.98 Å². The van der Waals surface area contributed by atoms with Crippen LogP contribution in [0.4, 0.5) is 0 Å². The van der Waals surface area contributed by atoms with Crippen molar-refractivity contribution in [2.45, 2.75) is 6.92 Å². The SMILES string of the molecule is C[NH2+]C=CC(=N)c1cnc(C)s1. The van der Waals surface area contributed by atoms with Crippen LogP contribution in [0.2, 0.25) is 0 Å². The lowest BCUT2D eigenvalue weighted by atomic mass is 10.3. The summed E-state index contributed by atoms with van der Waals surface area (Å²) in [5.41, 5.74) is 0.527. The minimum atomic E-state index is 0.527. The van der Waals surface area contributed by atoms with Crippen LogP contribution in [0.3, 0.4) is 0 Å². The molecule has 1 aromatic rings. The molecule has 4 heteroatoms.